The van der Waals surface area contributed by atoms with Crippen molar-refractivity contribution < 1.29 is 9.47 Å². The summed E-state index contributed by atoms with van der Waals surface area (Å²) >= 11 is 0. The molecule has 0 bridgehead atoms. The Bertz CT molecular complexity index is 471. The maximum atomic E-state index is 5.69. The summed E-state index contributed by atoms with van der Waals surface area (Å²) < 4.78 is 13.7. The van der Waals surface area contributed by atoms with E-state index in [1.807, 2.05) is 13.8 Å². The highest BCUT2D eigenvalue weighted by molar-refractivity contribution is 5.07. The number of ether oxygens (including phenoxy) is 2. The molecule has 1 saturated heterocycles. The minimum Gasteiger partial charge on any atom is -0.352 e. The topological polar surface area (TPSA) is 52.4 Å². The summed E-state index contributed by atoms with van der Waals surface area (Å²) in [6, 6.07) is 0. The smallest absolute Gasteiger partial charge is 0.170 e. The Kier molecular flexibility index (Phi) is 5.44. The highest BCUT2D eigenvalue weighted by atomic mass is 16.7. The van der Waals surface area contributed by atoms with Gasteiger partial charge in [0.15, 0.2) is 6.29 Å². The summed E-state index contributed by atoms with van der Waals surface area (Å²) in [4.78, 5) is 2.46. The van der Waals surface area contributed by atoms with Crippen LogP contribution in [0.5, 0.6) is 0 Å². The zero-order valence-electron chi connectivity index (χ0n) is 13.8. The van der Waals surface area contributed by atoms with Crippen LogP contribution in [0.15, 0.2) is 0 Å². The molecule has 2 aliphatic heterocycles. The number of hydrogen-bond donors (Lipinski definition) is 0. The molecule has 6 heteroatoms. The molecule has 1 atom stereocenters. The average molecular weight is 308 g/mol. The first kappa shape index (κ1) is 15.9. The van der Waals surface area contributed by atoms with Crippen molar-refractivity contribution in [2.75, 3.05) is 32.8 Å². The van der Waals surface area contributed by atoms with Gasteiger partial charge in [-0.05, 0) is 39.7 Å². The lowest BCUT2D eigenvalue weighted by molar-refractivity contribution is -0.148. The van der Waals surface area contributed by atoms with E-state index in [2.05, 4.69) is 19.7 Å². The normalized spacial score (nSPS) is 22.4. The van der Waals surface area contributed by atoms with Crippen molar-refractivity contribution in [3.63, 3.8) is 0 Å². The number of aryl methyl sites for hydroxylation is 1. The Balaban J connectivity index is 1.61. The summed E-state index contributed by atoms with van der Waals surface area (Å²) in [7, 11) is 0. The second-order valence-corrected chi connectivity index (χ2v) is 6.17. The van der Waals surface area contributed by atoms with Crippen LogP contribution in [0.25, 0.3) is 0 Å². The van der Waals surface area contributed by atoms with Crippen LogP contribution in [0.1, 0.15) is 50.7 Å². The third kappa shape index (κ3) is 3.50. The van der Waals surface area contributed by atoms with Crippen LogP contribution in [0, 0.1) is 0 Å². The van der Waals surface area contributed by atoms with Gasteiger partial charge in [-0.3, -0.25) is 4.90 Å². The van der Waals surface area contributed by atoms with E-state index in [1.54, 1.807) is 0 Å². The predicted octanol–water partition coefficient (Wildman–Crippen LogP) is 1.80. The first-order chi connectivity index (χ1) is 10.8. The highest BCUT2D eigenvalue weighted by Gasteiger charge is 2.29. The molecule has 0 spiro atoms. The molecule has 1 fully saturated rings. The zero-order valence-corrected chi connectivity index (χ0v) is 13.8. The van der Waals surface area contributed by atoms with Crippen LogP contribution >= 0.6 is 0 Å². The molecule has 1 aromatic rings. The van der Waals surface area contributed by atoms with Crippen LogP contribution in [0.4, 0.5) is 0 Å². The van der Waals surface area contributed by atoms with Crippen LogP contribution in [-0.2, 0) is 22.4 Å². The summed E-state index contributed by atoms with van der Waals surface area (Å²) in [5, 5.41) is 8.83. The van der Waals surface area contributed by atoms with Crippen LogP contribution in [-0.4, -0.2) is 58.8 Å². The maximum absolute atomic E-state index is 5.69. The van der Waals surface area contributed by atoms with Crippen LogP contribution in [0.2, 0.25) is 0 Å². The van der Waals surface area contributed by atoms with Gasteiger partial charge >= 0.3 is 0 Å². The van der Waals surface area contributed by atoms with Gasteiger partial charge in [-0.15, -0.1) is 10.2 Å². The summed E-state index contributed by atoms with van der Waals surface area (Å²) in [6.07, 6.45) is 4.60. The molecule has 3 heterocycles. The van der Waals surface area contributed by atoms with E-state index in [-0.39, 0.29) is 6.29 Å². The zero-order chi connectivity index (χ0) is 15.4. The van der Waals surface area contributed by atoms with Gasteiger partial charge in [-0.2, -0.15) is 0 Å². The SMILES string of the molecule is CCOC(CN1CCCC(c2nnc3n2CCC3)C1)OCC. The Hall–Kier alpha value is -0.980. The van der Waals surface area contributed by atoms with Crippen molar-refractivity contribution in [2.24, 2.45) is 0 Å². The Morgan fingerprint density at radius 1 is 1.14 bits per heavy atom. The van der Waals surface area contributed by atoms with Gasteiger partial charge < -0.3 is 14.0 Å². The molecule has 1 unspecified atom stereocenters. The quantitative estimate of drug-likeness (QED) is 0.719. The molecular formula is C16H28N4O2. The third-order valence-corrected chi connectivity index (χ3v) is 4.62. The van der Waals surface area contributed by atoms with Crippen molar-refractivity contribution in [1.82, 2.24) is 19.7 Å². The average Bonchev–Trinajstić information content (AvgIpc) is 3.11. The fraction of sp³-hybridized carbons (Fsp3) is 0.875. The fourth-order valence-corrected chi connectivity index (χ4v) is 3.64. The molecule has 3 rings (SSSR count). The van der Waals surface area contributed by atoms with Crippen molar-refractivity contribution in [1.29, 1.82) is 0 Å². The minimum absolute atomic E-state index is 0.113. The largest absolute Gasteiger partial charge is 0.352 e. The molecule has 22 heavy (non-hydrogen) atoms. The Morgan fingerprint density at radius 3 is 2.73 bits per heavy atom. The Labute approximate surface area is 132 Å². The molecule has 0 aliphatic carbocycles. The van der Waals surface area contributed by atoms with Gasteiger partial charge in [-0.1, -0.05) is 0 Å². The van der Waals surface area contributed by atoms with E-state index in [0.29, 0.717) is 19.1 Å². The first-order valence-electron chi connectivity index (χ1n) is 8.69. The number of aromatic nitrogens is 3. The van der Waals surface area contributed by atoms with E-state index in [4.69, 9.17) is 9.47 Å². The second-order valence-electron chi connectivity index (χ2n) is 6.17. The van der Waals surface area contributed by atoms with Crippen molar-refractivity contribution >= 4 is 0 Å². The van der Waals surface area contributed by atoms with Gasteiger partial charge in [0.2, 0.25) is 0 Å². The lowest BCUT2D eigenvalue weighted by Crippen LogP contribution is -2.41. The molecule has 0 amide bonds. The molecule has 0 radical (unpaired) electrons. The van der Waals surface area contributed by atoms with E-state index in [9.17, 15) is 0 Å². The van der Waals surface area contributed by atoms with Gasteiger partial charge in [-0.25, -0.2) is 0 Å². The number of nitrogens with zero attached hydrogens (tertiary/aromatic N) is 4. The number of rotatable bonds is 7. The van der Waals surface area contributed by atoms with Gasteiger partial charge in [0.25, 0.3) is 0 Å². The van der Waals surface area contributed by atoms with Crippen molar-refractivity contribution in [3.8, 4) is 0 Å². The minimum atomic E-state index is -0.113. The molecule has 2 aliphatic rings. The predicted molar refractivity (Wildman–Crippen MR) is 83.8 cm³/mol. The van der Waals surface area contributed by atoms with E-state index in [1.165, 1.54) is 30.9 Å². The first-order valence-corrected chi connectivity index (χ1v) is 8.69. The number of fused-ring (bicyclic) bond motifs is 1. The molecule has 0 aromatic carbocycles. The van der Waals surface area contributed by atoms with E-state index < -0.39 is 0 Å². The van der Waals surface area contributed by atoms with Crippen LogP contribution in [0.3, 0.4) is 0 Å². The monoisotopic (exact) mass is 308 g/mol. The van der Waals surface area contributed by atoms with Gasteiger partial charge in [0.05, 0.1) is 0 Å². The lowest BCUT2D eigenvalue weighted by atomic mass is 9.97. The number of piperidine rings is 1. The number of likely N-dealkylation sites (tertiary alicyclic amines) is 1. The van der Waals surface area contributed by atoms with E-state index >= 15 is 0 Å². The Morgan fingerprint density at radius 2 is 1.95 bits per heavy atom. The van der Waals surface area contributed by atoms with Gasteiger partial charge in [0.1, 0.15) is 11.6 Å². The number of hydrogen-bond acceptors (Lipinski definition) is 5. The second kappa shape index (κ2) is 7.53. The molecule has 0 saturated carbocycles. The van der Waals surface area contributed by atoms with E-state index in [0.717, 1.165) is 32.6 Å². The van der Waals surface area contributed by atoms with Crippen molar-refractivity contribution in [2.45, 2.75) is 58.3 Å². The molecule has 1 aromatic heterocycles. The lowest BCUT2D eigenvalue weighted by Gasteiger charge is -2.34. The summed E-state index contributed by atoms with van der Waals surface area (Å²) in [5.74, 6) is 2.87. The maximum Gasteiger partial charge on any atom is 0.170 e. The fourth-order valence-electron chi connectivity index (χ4n) is 3.64. The molecule has 0 N–H and O–H groups in total. The third-order valence-electron chi connectivity index (χ3n) is 4.62. The summed E-state index contributed by atoms with van der Waals surface area (Å²) in [6.45, 7) is 9.52. The van der Waals surface area contributed by atoms with Gasteiger partial charge in [0, 0.05) is 45.2 Å². The summed E-state index contributed by atoms with van der Waals surface area (Å²) in [5.41, 5.74) is 0. The molecular weight excluding hydrogens is 280 g/mol. The standard InChI is InChI=1S/C16H28N4O2/c1-3-21-15(22-4-2)12-19-9-5-7-13(11-19)16-18-17-14-8-6-10-20(14)16/h13,15H,3-12H2,1-2H3. The molecule has 124 valence electrons. The van der Waals surface area contributed by atoms with Crippen LogP contribution < -0.4 is 0 Å². The molecule has 6 nitrogen and oxygen atoms in total. The van der Waals surface area contributed by atoms with Crippen molar-refractivity contribution in [3.05, 3.63) is 11.6 Å². The highest BCUT2D eigenvalue weighted by Crippen LogP contribution is 2.28.